The van der Waals surface area contributed by atoms with Crippen LogP contribution in [0.3, 0.4) is 0 Å². The molecule has 10 amide bonds. The molecule has 88 heavy (non-hydrogen) atoms. The Morgan fingerprint density at radius 3 is 2.31 bits per heavy atom. The number of fused-ring (bicyclic) bond motifs is 5. The highest BCUT2D eigenvalue weighted by atomic mass is 35.5. The number of rotatable bonds is 23. The van der Waals surface area contributed by atoms with Gasteiger partial charge in [-0.3, -0.25) is 43.9 Å². The zero-order valence-electron chi connectivity index (χ0n) is 51.3. The van der Waals surface area contributed by atoms with Gasteiger partial charge < -0.3 is 65.4 Å². The van der Waals surface area contributed by atoms with Crippen molar-refractivity contribution in [1.29, 1.82) is 0 Å². The molecule has 10 atom stereocenters. The highest BCUT2D eigenvalue weighted by Gasteiger charge is 2.64. The number of hydrogen-bond donors (Lipinski definition) is 7. The summed E-state index contributed by atoms with van der Waals surface area (Å²) in [6.45, 7) is 10.2. The van der Waals surface area contributed by atoms with Crippen molar-refractivity contribution >= 4 is 82.6 Å². The molecule has 4 aliphatic rings. The number of allylic oxidation sites excluding steroid dienone is 3. The molecular weight excluding hydrogens is 1170 g/mol. The molecular formula is C61H82ClN9O17. The van der Waals surface area contributed by atoms with Gasteiger partial charge >= 0.3 is 24.2 Å². The molecule has 0 spiro atoms. The van der Waals surface area contributed by atoms with E-state index >= 15 is 0 Å². The van der Waals surface area contributed by atoms with Gasteiger partial charge in [0.05, 0.1) is 25.3 Å². The molecule has 0 aliphatic carbocycles. The number of likely N-dealkylation sites (N-methyl/N-ethyl adjacent to an activating group) is 1. The van der Waals surface area contributed by atoms with Crippen molar-refractivity contribution in [1.82, 2.24) is 31.1 Å². The van der Waals surface area contributed by atoms with E-state index in [-0.39, 0.29) is 68.1 Å². The highest BCUT2D eigenvalue weighted by Crippen LogP contribution is 2.49. The summed E-state index contributed by atoms with van der Waals surface area (Å²) in [6, 6.07) is 5.55. The van der Waals surface area contributed by atoms with Crippen LogP contribution in [0.1, 0.15) is 104 Å². The molecule has 480 valence electrons. The zero-order chi connectivity index (χ0) is 64.8. The number of carbonyl (C=O) groups excluding carboxylic acids is 10. The maximum absolute atomic E-state index is 14.4. The fourth-order valence-corrected chi connectivity index (χ4v) is 10.8. The van der Waals surface area contributed by atoms with Crippen molar-refractivity contribution in [3.8, 4) is 5.75 Å². The summed E-state index contributed by atoms with van der Waals surface area (Å²) in [6.07, 6.45) is 3.41. The van der Waals surface area contributed by atoms with Gasteiger partial charge in [0.15, 0.2) is 5.72 Å². The largest absolute Gasteiger partial charge is 0.495 e. The minimum absolute atomic E-state index is 0.0698. The summed E-state index contributed by atoms with van der Waals surface area (Å²) in [7, 11) is 5.70. The number of nitrogens with two attached hydrogens (primary N) is 1. The van der Waals surface area contributed by atoms with Crippen LogP contribution in [0.25, 0.3) is 0 Å². The van der Waals surface area contributed by atoms with Crippen LogP contribution in [0.5, 0.6) is 5.75 Å². The Kier molecular flexibility index (Phi) is 24.1. The number of esters is 1. The van der Waals surface area contributed by atoms with Crippen molar-refractivity contribution < 1.29 is 81.5 Å². The smallest absolute Gasteiger partial charge is 0.410 e. The zero-order valence-corrected chi connectivity index (χ0v) is 52.1. The van der Waals surface area contributed by atoms with Gasteiger partial charge in [-0.15, -0.1) is 0 Å². The normalized spacial score (nSPS) is 24.7. The van der Waals surface area contributed by atoms with E-state index in [4.69, 9.17) is 45.8 Å². The number of unbranched alkanes of at least 4 members (excludes halogenated alkanes) is 2. The monoisotopic (exact) mass is 1250 g/mol. The van der Waals surface area contributed by atoms with Crippen LogP contribution in [0, 0.1) is 11.8 Å². The van der Waals surface area contributed by atoms with Crippen molar-refractivity contribution in [2.75, 3.05) is 51.6 Å². The van der Waals surface area contributed by atoms with Crippen LogP contribution in [-0.4, -0.2) is 170 Å². The number of benzene rings is 2. The third-order valence-electron chi connectivity index (χ3n) is 16.1. The van der Waals surface area contributed by atoms with Crippen LogP contribution in [0.4, 0.5) is 25.8 Å². The van der Waals surface area contributed by atoms with Gasteiger partial charge in [-0.05, 0) is 94.2 Å². The van der Waals surface area contributed by atoms with E-state index in [1.54, 1.807) is 76.2 Å². The third-order valence-corrected chi connectivity index (χ3v) is 16.4. The molecule has 0 aromatic heterocycles. The second kappa shape index (κ2) is 30.7. The third kappa shape index (κ3) is 18.0. The molecule has 4 heterocycles. The topological polar surface area (TPSA) is 346 Å². The molecule has 0 saturated carbocycles. The van der Waals surface area contributed by atoms with Crippen molar-refractivity contribution in [2.24, 2.45) is 17.6 Å². The first-order valence-electron chi connectivity index (χ1n) is 29.1. The van der Waals surface area contributed by atoms with E-state index in [1.165, 1.54) is 52.3 Å². The number of halogens is 1. The fraction of sp³-hybridized carbons (Fsp3) is 0.541. The standard InChI is InChI=1S/C61H82ClN9O17/c1-34(2)52(67-47(72)19-12-11-13-27-71-48(73)24-25-49(71)74)55(77)66-41(17-15-26-64-57(63)79)54(76)65-40-22-20-38(21-23-40)33-85-59(81)69(7)37(5)56(78)87-46-31-50(75)70(8)42-29-39(30-43(83-9)51(42)62)28-35(3)16-14-18-45(84-10)61(82)32-44(86-58(80)68-61)36(4)53-60(46,6)88-53/h14,16,18,20-25,29-30,34,36-37,41,44-46,52-53,82H,11-13,15,17,19,26-28,31-33H2,1-10H3,(H,65,76)(H,66,77)(H,67,72)(H,68,80)(H3,63,64,79)/b18-14+,35-16+/t36-,37+,41+,44+,45-,46+,52+,53+,60+,61+/m1/s1. The molecule has 2 aromatic carbocycles. The maximum atomic E-state index is 14.4. The molecule has 2 saturated heterocycles. The first-order valence-corrected chi connectivity index (χ1v) is 29.5. The summed E-state index contributed by atoms with van der Waals surface area (Å²) >= 11 is 6.83. The van der Waals surface area contributed by atoms with Crippen LogP contribution >= 0.6 is 11.6 Å². The van der Waals surface area contributed by atoms with E-state index in [9.17, 15) is 53.1 Å². The van der Waals surface area contributed by atoms with Crippen LogP contribution in [-0.2, 0) is 70.3 Å². The molecule has 27 heteroatoms. The average Bonchev–Trinajstić information content (AvgIpc) is 1.82. The molecule has 8 N–H and O–H groups in total. The second-order valence-corrected chi connectivity index (χ2v) is 23.4. The van der Waals surface area contributed by atoms with Crippen LogP contribution in [0.2, 0.25) is 5.02 Å². The number of epoxide rings is 1. The van der Waals surface area contributed by atoms with Gasteiger partial charge in [-0.2, -0.15) is 0 Å². The first kappa shape index (κ1) is 69.0. The van der Waals surface area contributed by atoms with Crippen molar-refractivity contribution in [3.05, 3.63) is 88.5 Å². The van der Waals surface area contributed by atoms with E-state index < -0.39 is 114 Å². The van der Waals surface area contributed by atoms with Gasteiger partial charge in [0.25, 0.3) is 11.8 Å². The van der Waals surface area contributed by atoms with Gasteiger partial charge in [0.1, 0.15) is 59.4 Å². The van der Waals surface area contributed by atoms with E-state index in [0.717, 1.165) is 20.9 Å². The maximum Gasteiger partial charge on any atom is 0.410 e. The minimum atomic E-state index is -1.91. The molecule has 26 nitrogen and oxygen atoms in total. The predicted octanol–water partition coefficient (Wildman–Crippen LogP) is 4.82. The SMILES string of the molecule is COc1cc2cc(c1Cl)N(C)C(=O)C[C@H](OC(=O)[C@H](C)N(C)C(=O)OCc1ccc(NC(=O)[C@H](CCCNC(N)=O)NC(=O)[C@@H](NC(=O)CCCCCN3C(=O)C=CC3=O)C(C)C)cc1)[C@]1(C)O[C@H]1[C@H](C)[C@@H]1C[C@@](O)(NC(=O)O1)[C@H](OC)/C=C/C=C(\C)C2. The number of nitrogens with one attached hydrogen (secondary N) is 5. The van der Waals surface area contributed by atoms with Gasteiger partial charge in [0, 0.05) is 70.9 Å². The Morgan fingerprint density at radius 2 is 1.66 bits per heavy atom. The first-order chi connectivity index (χ1) is 41.6. The van der Waals surface area contributed by atoms with E-state index in [1.807, 2.05) is 13.0 Å². The number of methoxy groups -OCH3 is 2. The van der Waals surface area contributed by atoms with Crippen molar-refractivity contribution in [2.45, 2.75) is 160 Å². The molecule has 2 fully saturated rings. The predicted molar refractivity (Wildman–Crippen MR) is 321 cm³/mol. The molecule has 6 rings (SSSR count). The summed E-state index contributed by atoms with van der Waals surface area (Å²) < 4.78 is 35.0. The number of primary amides is 1. The Bertz CT molecular complexity index is 3010. The Labute approximate surface area is 516 Å². The molecule has 4 bridgehead atoms. The second-order valence-electron chi connectivity index (χ2n) is 23.0. The summed E-state index contributed by atoms with van der Waals surface area (Å²) in [5, 5.41) is 25.3. The molecule has 4 aliphatic heterocycles. The number of urea groups is 1. The highest BCUT2D eigenvalue weighted by molar-refractivity contribution is 6.35. The van der Waals surface area contributed by atoms with Crippen LogP contribution in [0.15, 0.2) is 72.4 Å². The number of alkyl carbamates (subject to hydrolysis) is 1. The van der Waals surface area contributed by atoms with E-state index in [2.05, 4.69) is 26.6 Å². The number of nitrogens with zero attached hydrogens (tertiary/aromatic N) is 3. The average molecular weight is 1250 g/mol. The van der Waals surface area contributed by atoms with Crippen LogP contribution < -0.4 is 42.0 Å². The molecule has 0 unspecified atom stereocenters. The van der Waals surface area contributed by atoms with Gasteiger partial charge in [-0.1, -0.05) is 74.7 Å². The summed E-state index contributed by atoms with van der Waals surface area (Å²) in [4.78, 5) is 134. The number of ether oxygens (including phenoxy) is 6. The number of imide groups is 1. The van der Waals surface area contributed by atoms with Gasteiger partial charge in [-0.25, -0.2) is 19.2 Å². The minimum Gasteiger partial charge on any atom is -0.495 e. The Morgan fingerprint density at radius 1 is 0.966 bits per heavy atom. The van der Waals surface area contributed by atoms with Gasteiger partial charge in [0.2, 0.25) is 23.6 Å². The summed E-state index contributed by atoms with van der Waals surface area (Å²) in [5.41, 5.74) is 4.68. The quantitative estimate of drug-likeness (QED) is 0.0258. The van der Waals surface area contributed by atoms with E-state index in [0.29, 0.717) is 48.4 Å². The lowest BCUT2D eigenvalue weighted by atomic mass is 9.83. The number of hydrogen-bond acceptors (Lipinski definition) is 17. The van der Waals surface area contributed by atoms with Crippen molar-refractivity contribution in [3.63, 3.8) is 0 Å². The number of amides is 10. The fourth-order valence-electron chi connectivity index (χ4n) is 10.5. The lowest BCUT2D eigenvalue weighted by Gasteiger charge is -2.42. The number of anilines is 2. The number of aliphatic hydroxyl groups is 1. The Balaban J connectivity index is 1.09. The lowest BCUT2D eigenvalue weighted by molar-refractivity contribution is -0.158. The lowest BCUT2D eigenvalue weighted by Crippen LogP contribution is -2.63. The number of carbonyl (C=O) groups is 10. The Hall–Kier alpha value is -8.07. The summed E-state index contributed by atoms with van der Waals surface area (Å²) in [5.74, 6) is -4.54. The molecule has 2 aromatic rings. The molecule has 0 radical (unpaired) electrons.